The number of nitro benzene ring substituents is 1. The van der Waals surface area contributed by atoms with Crippen molar-refractivity contribution in [2.75, 3.05) is 5.32 Å². The molecule has 0 fully saturated rings. The van der Waals surface area contributed by atoms with Crippen LogP contribution in [0.3, 0.4) is 0 Å². The van der Waals surface area contributed by atoms with E-state index in [2.05, 4.69) is 15.5 Å². The fourth-order valence-electron chi connectivity index (χ4n) is 1.50. The first-order valence-corrected chi connectivity index (χ1v) is 5.59. The Morgan fingerprint density at radius 3 is 2.95 bits per heavy atom. The van der Waals surface area contributed by atoms with Gasteiger partial charge in [0.25, 0.3) is 11.6 Å². The molecule has 1 aromatic carbocycles. The normalized spacial score (nSPS) is 9.80. The molecule has 0 aliphatic heterocycles. The van der Waals surface area contributed by atoms with Gasteiger partial charge in [0.05, 0.1) is 11.1 Å². The number of nitrogens with one attached hydrogen (secondary N) is 2. The number of aromatic amines is 1. The zero-order valence-electron chi connectivity index (χ0n) is 9.75. The standard InChI is InChI=1S/C11H6ClN5O3/c12-7-1-2-9(17(19)20)8(3-7)11(18)15-10-6(4-13)5-14-16-10/h1-3,5H,(H2,14,15,16,18). The van der Waals surface area contributed by atoms with Crippen molar-refractivity contribution < 1.29 is 9.72 Å². The molecule has 0 aliphatic rings. The minimum Gasteiger partial charge on any atom is -0.306 e. The molecule has 1 heterocycles. The van der Waals surface area contributed by atoms with Crippen molar-refractivity contribution in [3.8, 4) is 6.07 Å². The number of anilines is 1. The molecule has 8 nitrogen and oxygen atoms in total. The molecular formula is C11H6ClN5O3. The molecule has 0 radical (unpaired) electrons. The van der Waals surface area contributed by atoms with Crippen molar-refractivity contribution in [1.82, 2.24) is 10.2 Å². The molecule has 0 saturated carbocycles. The number of aromatic nitrogens is 2. The van der Waals surface area contributed by atoms with Gasteiger partial charge in [0.15, 0.2) is 0 Å². The molecule has 2 rings (SSSR count). The van der Waals surface area contributed by atoms with E-state index in [1.807, 2.05) is 6.07 Å². The van der Waals surface area contributed by atoms with Crippen LogP contribution in [0.25, 0.3) is 0 Å². The second-order valence-electron chi connectivity index (χ2n) is 3.64. The molecular weight excluding hydrogens is 286 g/mol. The van der Waals surface area contributed by atoms with Crippen LogP contribution in [0.5, 0.6) is 0 Å². The summed E-state index contributed by atoms with van der Waals surface area (Å²) in [6, 6.07) is 5.44. The van der Waals surface area contributed by atoms with Gasteiger partial charge in [-0.2, -0.15) is 10.4 Å². The van der Waals surface area contributed by atoms with Crippen molar-refractivity contribution in [1.29, 1.82) is 5.26 Å². The second-order valence-corrected chi connectivity index (χ2v) is 4.08. The largest absolute Gasteiger partial charge is 0.306 e. The number of halogens is 1. The highest BCUT2D eigenvalue weighted by molar-refractivity contribution is 6.31. The maximum absolute atomic E-state index is 12.0. The number of carbonyl (C=O) groups is 1. The molecule has 0 aliphatic carbocycles. The smallest absolute Gasteiger partial charge is 0.282 e. The predicted molar refractivity (Wildman–Crippen MR) is 69.4 cm³/mol. The van der Waals surface area contributed by atoms with E-state index in [0.29, 0.717) is 0 Å². The minimum atomic E-state index is -0.764. The molecule has 0 bridgehead atoms. The number of benzene rings is 1. The summed E-state index contributed by atoms with van der Waals surface area (Å²) in [5.41, 5.74) is -0.478. The van der Waals surface area contributed by atoms with Gasteiger partial charge in [0.1, 0.15) is 23.0 Å². The monoisotopic (exact) mass is 291 g/mol. The molecule has 1 aromatic heterocycles. The molecule has 0 unspecified atom stereocenters. The van der Waals surface area contributed by atoms with Gasteiger partial charge in [0, 0.05) is 11.1 Å². The van der Waals surface area contributed by atoms with Crippen molar-refractivity contribution in [3.63, 3.8) is 0 Å². The van der Waals surface area contributed by atoms with Crippen LogP contribution in [-0.4, -0.2) is 21.0 Å². The lowest BCUT2D eigenvalue weighted by molar-refractivity contribution is -0.385. The number of amides is 1. The average molecular weight is 292 g/mol. The lowest BCUT2D eigenvalue weighted by atomic mass is 10.1. The summed E-state index contributed by atoms with van der Waals surface area (Å²) in [6.45, 7) is 0. The van der Waals surface area contributed by atoms with Crippen LogP contribution in [0.2, 0.25) is 5.02 Å². The molecule has 0 spiro atoms. The fourth-order valence-corrected chi connectivity index (χ4v) is 1.67. The number of nitrogens with zero attached hydrogens (tertiary/aromatic N) is 3. The van der Waals surface area contributed by atoms with Gasteiger partial charge in [-0.1, -0.05) is 11.6 Å². The first kappa shape index (κ1) is 13.5. The lowest BCUT2D eigenvalue weighted by Gasteiger charge is -2.04. The number of rotatable bonds is 3. The molecule has 0 saturated heterocycles. The zero-order valence-corrected chi connectivity index (χ0v) is 10.5. The first-order valence-electron chi connectivity index (χ1n) is 5.21. The van der Waals surface area contributed by atoms with Gasteiger partial charge >= 0.3 is 0 Å². The van der Waals surface area contributed by atoms with E-state index in [1.54, 1.807) is 0 Å². The van der Waals surface area contributed by atoms with Gasteiger partial charge in [-0.25, -0.2) is 0 Å². The highest BCUT2D eigenvalue weighted by atomic mass is 35.5. The summed E-state index contributed by atoms with van der Waals surface area (Å²) < 4.78 is 0. The summed E-state index contributed by atoms with van der Waals surface area (Å²) in [5, 5.41) is 28.2. The summed E-state index contributed by atoms with van der Waals surface area (Å²) in [7, 11) is 0. The summed E-state index contributed by atoms with van der Waals surface area (Å²) >= 11 is 5.73. The van der Waals surface area contributed by atoms with Crippen LogP contribution in [0, 0.1) is 21.4 Å². The first-order chi connectivity index (χ1) is 9.52. The lowest BCUT2D eigenvalue weighted by Crippen LogP contribution is -2.15. The number of nitriles is 1. The summed E-state index contributed by atoms with van der Waals surface area (Å²) in [6.07, 6.45) is 1.22. The minimum absolute atomic E-state index is 0.0618. The number of hydrogen-bond donors (Lipinski definition) is 2. The Balaban J connectivity index is 2.37. The van der Waals surface area contributed by atoms with Crippen LogP contribution < -0.4 is 5.32 Å². The van der Waals surface area contributed by atoms with E-state index in [-0.39, 0.29) is 27.7 Å². The Bertz CT molecular complexity index is 734. The molecule has 100 valence electrons. The number of hydrogen-bond acceptors (Lipinski definition) is 5. The highest BCUT2D eigenvalue weighted by Crippen LogP contribution is 2.24. The third kappa shape index (κ3) is 2.57. The Morgan fingerprint density at radius 1 is 1.55 bits per heavy atom. The SMILES string of the molecule is N#Cc1cn[nH]c1NC(=O)c1cc(Cl)ccc1[N+](=O)[O-]. The van der Waals surface area contributed by atoms with Crippen LogP contribution in [0.1, 0.15) is 15.9 Å². The zero-order chi connectivity index (χ0) is 14.7. The van der Waals surface area contributed by atoms with E-state index in [9.17, 15) is 14.9 Å². The van der Waals surface area contributed by atoms with Gasteiger partial charge < -0.3 is 5.32 Å². The van der Waals surface area contributed by atoms with E-state index < -0.39 is 10.8 Å². The molecule has 0 atom stereocenters. The molecule has 2 aromatic rings. The third-order valence-corrected chi connectivity index (χ3v) is 2.63. The maximum atomic E-state index is 12.0. The average Bonchev–Trinajstić information content (AvgIpc) is 2.85. The second kappa shape index (κ2) is 5.38. The van der Waals surface area contributed by atoms with Gasteiger partial charge in [-0.3, -0.25) is 20.0 Å². The van der Waals surface area contributed by atoms with Gasteiger partial charge in [-0.15, -0.1) is 0 Å². The van der Waals surface area contributed by atoms with Crippen LogP contribution >= 0.6 is 11.6 Å². The number of H-pyrrole nitrogens is 1. The number of carbonyl (C=O) groups excluding carboxylic acids is 1. The third-order valence-electron chi connectivity index (χ3n) is 2.40. The fraction of sp³-hybridized carbons (Fsp3) is 0. The van der Waals surface area contributed by atoms with Gasteiger partial charge in [0.2, 0.25) is 0 Å². The molecule has 20 heavy (non-hydrogen) atoms. The van der Waals surface area contributed by atoms with Gasteiger partial charge in [-0.05, 0) is 12.1 Å². The quantitative estimate of drug-likeness (QED) is 0.661. The molecule has 9 heteroatoms. The van der Waals surface area contributed by atoms with E-state index in [1.165, 1.54) is 18.3 Å². The molecule has 2 N–H and O–H groups in total. The van der Waals surface area contributed by atoms with Crippen LogP contribution in [-0.2, 0) is 0 Å². The number of nitro groups is 1. The van der Waals surface area contributed by atoms with Crippen LogP contribution in [0.15, 0.2) is 24.4 Å². The topological polar surface area (TPSA) is 125 Å². The maximum Gasteiger partial charge on any atom is 0.282 e. The Kier molecular flexibility index (Phi) is 3.63. The van der Waals surface area contributed by atoms with Crippen molar-refractivity contribution in [2.24, 2.45) is 0 Å². The summed E-state index contributed by atoms with van der Waals surface area (Å²) in [4.78, 5) is 22.2. The van der Waals surface area contributed by atoms with Crippen LogP contribution in [0.4, 0.5) is 11.5 Å². The van der Waals surface area contributed by atoms with Crippen molar-refractivity contribution in [3.05, 3.63) is 50.7 Å². The Labute approximate surface area is 117 Å². The molecule has 1 amide bonds. The van der Waals surface area contributed by atoms with E-state index in [0.717, 1.165) is 6.07 Å². The summed E-state index contributed by atoms with van der Waals surface area (Å²) in [5.74, 6) is -0.702. The predicted octanol–water partition coefficient (Wildman–Crippen LogP) is 2.10. The van der Waals surface area contributed by atoms with E-state index in [4.69, 9.17) is 16.9 Å². The highest BCUT2D eigenvalue weighted by Gasteiger charge is 2.21. The van der Waals surface area contributed by atoms with Crippen molar-refractivity contribution >= 4 is 29.0 Å². The van der Waals surface area contributed by atoms with E-state index >= 15 is 0 Å². The van der Waals surface area contributed by atoms with Crippen molar-refractivity contribution in [2.45, 2.75) is 0 Å². The Hall–Kier alpha value is -2.92. The Morgan fingerprint density at radius 2 is 2.30 bits per heavy atom.